The summed E-state index contributed by atoms with van der Waals surface area (Å²) in [6, 6.07) is 18.0. The van der Waals surface area contributed by atoms with E-state index in [0.717, 1.165) is 17.9 Å². The van der Waals surface area contributed by atoms with Gasteiger partial charge in [-0.15, -0.1) is 0 Å². The van der Waals surface area contributed by atoms with Gasteiger partial charge < -0.3 is 15.5 Å². The van der Waals surface area contributed by atoms with E-state index in [4.69, 9.17) is 0 Å². The van der Waals surface area contributed by atoms with Crippen LogP contribution in [-0.2, 0) is 6.54 Å². The van der Waals surface area contributed by atoms with Gasteiger partial charge in [-0.3, -0.25) is 0 Å². The first-order valence-corrected chi connectivity index (χ1v) is 7.48. The molecule has 116 valence electrons. The van der Waals surface area contributed by atoms with Crippen LogP contribution in [0.4, 0.5) is 16.2 Å². The number of rotatable bonds is 5. The van der Waals surface area contributed by atoms with Crippen molar-refractivity contribution in [1.29, 1.82) is 0 Å². The Kier molecular flexibility index (Phi) is 5.42. The second-order valence-electron chi connectivity index (χ2n) is 5.61. The van der Waals surface area contributed by atoms with Gasteiger partial charge in [-0.25, -0.2) is 4.79 Å². The second-order valence-corrected chi connectivity index (χ2v) is 5.61. The zero-order valence-corrected chi connectivity index (χ0v) is 13.3. The first-order chi connectivity index (χ1) is 10.6. The zero-order chi connectivity index (χ0) is 15.9. The normalized spacial score (nSPS) is 10.4. The average Bonchev–Trinajstić information content (AvgIpc) is 2.47. The number of amides is 2. The Hall–Kier alpha value is -2.49. The van der Waals surface area contributed by atoms with Crippen molar-refractivity contribution < 1.29 is 4.79 Å². The lowest BCUT2D eigenvalue weighted by Gasteiger charge is -2.23. The Labute approximate surface area is 132 Å². The summed E-state index contributed by atoms with van der Waals surface area (Å²) in [5.41, 5.74) is 3.02. The molecule has 0 radical (unpaired) electrons. The third-order valence-electron chi connectivity index (χ3n) is 3.25. The second kappa shape index (κ2) is 7.50. The van der Waals surface area contributed by atoms with Gasteiger partial charge in [-0.05, 0) is 31.5 Å². The van der Waals surface area contributed by atoms with Gasteiger partial charge in [0.25, 0.3) is 0 Å². The van der Waals surface area contributed by atoms with E-state index in [1.807, 2.05) is 63.4 Å². The van der Waals surface area contributed by atoms with Crippen LogP contribution >= 0.6 is 0 Å². The molecule has 0 spiro atoms. The van der Waals surface area contributed by atoms with E-state index < -0.39 is 0 Å². The van der Waals surface area contributed by atoms with E-state index in [-0.39, 0.29) is 12.1 Å². The van der Waals surface area contributed by atoms with E-state index in [9.17, 15) is 4.79 Å². The summed E-state index contributed by atoms with van der Waals surface area (Å²) in [4.78, 5) is 14.0. The molecule has 2 rings (SSSR count). The number of anilines is 2. The van der Waals surface area contributed by atoms with Crippen molar-refractivity contribution in [2.24, 2.45) is 0 Å². The summed E-state index contributed by atoms with van der Waals surface area (Å²) < 4.78 is 0. The molecular formula is C18H23N3O. The lowest BCUT2D eigenvalue weighted by atomic mass is 10.2. The van der Waals surface area contributed by atoms with Gasteiger partial charge in [0.2, 0.25) is 0 Å². The highest BCUT2D eigenvalue weighted by Crippen LogP contribution is 2.25. The Bertz CT molecular complexity index is 611. The highest BCUT2D eigenvalue weighted by atomic mass is 16.2. The number of nitrogens with zero attached hydrogens (tertiary/aromatic N) is 1. The number of para-hydroxylation sites is 2. The number of hydrogen-bond donors (Lipinski definition) is 2. The molecule has 2 aromatic carbocycles. The number of nitrogens with one attached hydrogen (secondary N) is 2. The fourth-order valence-corrected chi connectivity index (χ4v) is 2.28. The number of urea groups is 1. The van der Waals surface area contributed by atoms with Crippen molar-refractivity contribution >= 4 is 17.4 Å². The lowest BCUT2D eigenvalue weighted by Crippen LogP contribution is -2.34. The Balaban J connectivity index is 2.12. The Morgan fingerprint density at radius 2 is 1.68 bits per heavy atom. The molecule has 0 fully saturated rings. The van der Waals surface area contributed by atoms with Crippen LogP contribution in [0.2, 0.25) is 0 Å². The molecule has 0 aromatic heterocycles. The molecule has 0 atom stereocenters. The topological polar surface area (TPSA) is 44.4 Å². The van der Waals surface area contributed by atoms with Gasteiger partial charge >= 0.3 is 6.03 Å². The number of benzene rings is 2. The van der Waals surface area contributed by atoms with Crippen molar-refractivity contribution in [2.45, 2.75) is 26.4 Å². The van der Waals surface area contributed by atoms with Crippen LogP contribution < -0.4 is 15.5 Å². The van der Waals surface area contributed by atoms with Crippen LogP contribution in [0.1, 0.15) is 19.4 Å². The molecule has 0 bridgehead atoms. The summed E-state index contributed by atoms with van der Waals surface area (Å²) in [6.45, 7) is 4.66. The van der Waals surface area contributed by atoms with Gasteiger partial charge in [0.05, 0.1) is 11.4 Å². The van der Waals surface area contributed by atoms with E-state index in [2.05, 4.69) is 27.7 Å². The van der Waals surface area contributed by atoms with Crippen molar-refractivity contribution in [2.75, 3.05) is 17.3 Å². The standard InChI is InChI=1S/C18H23N3O/c1-14(2)19-18(22)20-16-11-7-8-12-17(16)21(3)13-15-9-5-4-6-10-15/h4-12,14H,13H2,1-3H3,(H2,19,20,22). The third-order valence-corrected chi connectivity index (χ3v) is 3.25. The van der Waals surface area contributed by atoms with Crippen LogP contribution in [-0.4, -0.2) is 19.1 Å². The predicted octanol–water partition coefficient (Wildman–Crippen LogP) is 3.85. The largest absolute Gasteiger partial charge is 0.369 e. The summed E-state index contributed by atoms with van der Waals surface area (Å²) in [7, 11) is 2.02. The molecule has 2 aromatic rings. The minimum absolute atomic E-state index is 0.106. The average molecular weight is 297 g/mol. The van der Waals surface area contributed by atoms with E-state index >= 15 is 0 Å². The quantitative estimate of drug-likeness (QED) is 0.880. The number of hydrogen-bond acceptors (Lipinski definition) is 2. The summed E-state index contributed by atoms with van der Waals surface area (Å²) in [6.07, 6.45) is 0. The van der Waals surface area contributed by atoms with Crippen molar-refractivity contribution in [3.8, 4) is 0 Å². The number of carbonyl (C=O) groups excluding carboxylic acids is 1. The third kappa shape index (κ3) is 4.52. The molecule has 0 aliphatic carbocycles. The van der Waals surface area contributed by atoms with Gasteiger partial charge in [0.1, 0.15) is 0 Å². The molecule has 22 heavy (non-hydrogen) atoms. The molecular weight excluding hydrogens is 274 g/mol. The minimum Gasteiger partial charge on any atom is -0.369 e. The fourth-order valence-electron chi connectivity index (χ4n) is 2.28. The first kappa shape index (κ1) is 15.9. The maximum Gasteiger partial charge on any atom is 0.319 e. The van der Waals surface area contributed by atoms with Gasteiger partial charge in [0, 0.05) is 19.6 Å². The van der Waals surface area contributed by atoms with Gasteiger partial charge in [-0.1, -0.05) is 42.5 Å². The van der Waals surface area contributed by atoms with Crippen LogP contribution in [0.3, 0.4) is 0 Å². The summed E-state index contributed by atoms with van der Waals surface area (Å²) >= 11 is 0. The van der Waals surface area contributed by atoms with Gasteiger partial charge in [0.15, 0.2) is 0 Å². The first-order valence-electron chi connectivity index (χ1n) is 7.48. The van der Waals surface area contributed by atoms with E-state index in [0.29, 0.717) is 0 Å². The molecule has 0 aliphatic rings. The van der Waals surface area contributed by atoms with Crippen LogP contribution in [0.5, 0.6) is 0 Å². The summed E-state index contributed by atoms with van der Waals surface area (Å²) in [5, 5.41) is 5.76. The molecule has 4 heteroatoms. The predicted molar refractivity (Wildman–Crippen MR) is 92.3 cm³/mol. The molecule has 2 N–H and O–H groups in total. The molecule has 0 aliphatic heterocycles. The molecule has 2 amide bonds. The molecule has 0 unspecified atom stereocenters. The maximum absolute atomic E-state index is 11.9. The monoisotopic (exact) mass is 297 g/mol. The van der Waals surface area contributed by atoms with E-state index in [1.54, 1.807) is 0 Å². The summed E-state index contributed by atoms with van der Waals surface area (Å²) in [5.74, 6) is 0. The minimum atomic E-state index is -0.185. The number of carbonyl (C=O) groups is 1. The molecule has 0 saturated carbocycles. The Morgan fingerprint density at radius 1 is 1.05 bits per heavy atom. The van der Waals surface area contributed by atoms with Crippen molar-refractivity contribution in [3.63, 3.8) is 0 Å². The highest BCUT2D eigenvalue weighted by molar-refractivity contribution is 5.93. The van der Waals surface area contributed by atoms with Crippen LogP contribution in [0, 0.1) is 0 Å². The highest BCUT2D eigenvalue weighted by Gasteiger charge is 2.10. The van der Waals surface area contributed by atoms with E-state index in [1.165, 1.54) is 5.56 Å². The Morgan fingerprint density at radius 3 is 2.36 bits per heavy atom. The molecule has 0 saturated heterocycles. The van der Waals surface area contributed by atoms with Crippen LogP contribution in [0.25, 0.3) is 0 Å². The smallest absolute Gasteiger partial charge is 0.319 e. The van der Waals surface area contributed by atoms with Gasteiger partial charge in [-0.2, -0.15) is 0 Å². The lowest BCUT2D eigenvalue weighted by molar-refractivity contribution is 0.250. The molecule has 4 nitrogen and oxygen atoms in total. The fraction of sp³-hybridized carbons (Fsp3) is 0.278. The van der Waals surface area contributed by atoms with Crippen LogP contribution in [0.15, 0.2) is 54.6 Å². The zero-order valence-electron chi connectivity index (χ0n) is 13.3. The van der Waals surface area contributed by atoms with Crippen molar-refractivity contribution in [3.05, 3.63) is 60.2 Å². The van der Waals surface area contributed by atoms with Crippen molar-refractivity contribution in [1.82, 2.24) is 5.32 Å². The maximum atomic E-state index is 11.9. The molecule has 0 heterocycles. The SMILES string of the molecule is CC(C)NC(=O)Nc1ccccc1N(C)Cc1ccccc1.